The van der Waals surface area contributed by atoms with Crippen molar-refractivity contribution in [3.05, 3.63) is 11.2 Å². The summed E-state index contributed by atoms with van der Waals surface area (Å²) in [5.74, 6) is 0.229. The van der Waals surface area contributed by atoms with Crippen molar-refractivity contribution >= 4 is 35.3 Å². The Morgan fingerprint density at radius 2 is 1.95 bits per heavy atom. The molecule has 2 N–H and O–H groups in total. The largest absolute Gasteiger partial charge is 0.465 e. The number of amides is 2. The van der Waals surface area contributed by atoms with Gasteiger partial charge in [0, 0.05) is 25.7 Å². The Labute approximate surface area is 124 Å². The van der Waals surface area contributed by atoms with E-state index in [1.54, 1.807) is 6.07 Å². The molecule has 9 nitrogen and oxygen atoms in total. The van der Waals surface area contributed by atoms with Gasteiger partial charge in [-0.15, -0.1) is 10.2 Å². The summed E-state index contributed by atoms with van der Waals surface area (Å²) in [4.78, 5) is 26.7. The van der Waals surface area contributed by atoms with E-state index in [0.29, 0.717) is 18.8 Å². The van der Waals surface area contributed by atoms with Crippen LogP contribution in [0.2, 0.25) is 5.15 Å². The molecule has 0 saturated carbocycles. The molecule has 0 bridgehead atoms. The average molecular weight is 314 g/mol. The number of piperazine rings is 1. The summed E-state index contributed by atoms with van der Waals surface area (Å²) in [6, 6.07) is 1.29. The third-order valence-electron chi connectivity index (χ3n) is 3.67. The molecular weight excluding hydrogens is 302 g/mol. The minimum absolute atomic E-state index is 0.141. The maximum absolute atomic E-state index is 11.4. The first kappa shape index (κ1) is 13.7. The van der Waals surface area contributed by atoms with Crippen molar-refractivity contribution in [2.24, 2.45) is 0 Å². The first-order chi connectivity index (χ1) is 9.97. The molecule has 0 radical (unpaired) electrons. The zero-order valence-electron chi connectivity index (χ0n) is 10.8. The molecule has 1 atom stereocenters. The van der Waals surface area contributed by atoms with Gasteiger partial charge in [-0.05, 0) is 0 Å². The van der Waals surface area contributed by atoms with Crippen LogP contribution in [0.4, 0.5) is 21.1 Å². The normalized spacial score (nSPS) is 20.8. The molecule has 10 heteroatoms. The van der Waals surface area contributed by atoms with Gasteiger partial charge in [0.05, 0.1) is 18.3 Å². The van der Waals surface area contributed by atoms with Gasteiger partial charge in [0.2, 0.25) is 0 Å². The molecule has 112 valence electrons. The zero-order valence-corrected chi connectivity index (χ0v) is 11.6. The Morgan fingerprint density at radius 1 is 1.19 bits per heavy atom. The monoisotopic (exact) mass is 313 g/mol. The van der Waals surface area contributed by atoms with Crippen molar-refractivity contribution in [2.45, 2.75) is 6.04 Å². The van der Waals surface area contributed by atoms with E-state index in [2.05, 4.69) is 10.2 Å². The van der Waals surface area contributed by atoms with Crippen LogP contribution in [0.5, 0.6) is 0 Å². The Morgan fingerprint density at radius 3 is 2.62 bits per heavy atom. The quantitative estimate of drug-likeness (QED) is 0.728. The molecule has 3 rings (SSSR count). The maximum Gasteiger partial charge on any atom is 0.413 e. The second-order valence-corrected chi connectivity index (χ2v) is 5.23. The fourth-order valence-electron chi connectivity index (χ4n) is 2.72. The van der Waals surface area contributed by atoms with Crippen molar-refractivity contribution in [3.8, 4) is 0 Å². The highest BCUT2D eigenvalue weighted by Gasteiger charge is 2.39. The van der Waals surface area contributed by atoms with Gasteiger partial charge >= 0.3 is 12.2 Å². The Hall–Kier alpha value is -2.29. The van der Waals surface area contributed by atoms with Gasteiger partial charge < -0.3 is 20.0 Å². The van der Waals surface area contributed by atoms with Crippen molar-refractivity contribution in [1.29, 1.82) is 0 Å². The molecule has 2 aliphatic rings. The predicted molar refractivity (Wildman–Crippen MR) is 73.1 cm³/mol. The lowest BCUT2D eigenvalue weighted by atomic mass is 10.1. The molecule has 1 saturated heterocycles. The van der Waals surface area contributed by atoms with Crippen LogP contribution in [0.15, 0.2) is 6.07 Å². The van der Waals surface area contributed by atoms with E-state index in [1.165, 1.54) is 4.90 Å². The van der Waals surface area contributed by atoms with Crippen LogP contribution in [0.25, 0.3) is 0 Å². The lowest BCUT2D eigenvalue weighted by molar-refractivity contribution is 0.134. The van der Waals surface area contributed by atoms with E-state index in [1.807, 2.05) is 4.90 Å². The number of fused-ring (bicyclic) bond motifs is 3. The van der Waals surface area contributed by atoms with E-state index in [9.17, 15) is 14.7 Å². The van der Waals surface area contributed by atoms with Crippen LogP contribution in [0.1, 0.15) is 0 Å². The second kappa shape index (κ2) is 4.92. The van der Waals surface area contributed by atoms with E-state index in [-0.39, 0.29) is 30.1 Å². The second-order valence-electron chi connectivity index (χ2n) is 4.84. The van der Waals surface area contributed by atoms with E-state index in [4.69, 9.17) is 16.7 Å². The van der Waals surface area contributed by atoms with Crippen LogP contribution in [-0.4, -0.2) is 69.7 Å². The number of carbonyl (C=O) groups is 2. The average Bonchev–Trinajstić information content (AvgIpc) is 2.45. The lowest BCUT2D eigenvalue weighted by Gasteiger charge is -2.46. The minimum atomic E-state index is -1.15. The molecule has 1 aromatic rings. The van der Waals surface area contributed by atoms with Crippen LogP contribution < -0.4 is 9.80 Å². The molecule has 0 aromatic carbocycles. The van der Waals surface area contributed by atoms with Crippen LogP contribution in [0.3, 0.4) is 0 Å². The van der Waals surface area contributed by atoms with Crippen molar-refractivity contribution in [2.75, 3.05) is 36.0 Å². The number of carboxylic acid groups (broad SMARTS) is 2. The Kier molecular flexibility index (Phi) is 3.20. The number of nitrogens with zero attached hydrogens (tertiary/aromatic N) is 5. The molecule has 1 aromatic heterocycles. The molecule has 1 fully saturated rings. The molecule has 21 heavy (non-hydrogen) atoms. The molecule has 0 aliphatic carbocycles. The highest BCUT2D eigenvalue weighted by Crippen LogP contribution is 2.36. The third kappa shape index (κ3) is 2.29. The van der Waals surface area contributed by atoms with Crippen molar-refractivity contribution in [1.82, 2.24) is 15.1 Å². The summed E-state index contributed by atoms with van der Waals surface area (Å²) in [6.07, 6.45) is -2.16. The van der Waals surface area contributed by atoms with Crippen LogP contribution >= 0.6 is 11.6 Å². The van der Waals surface area contributed by atoms with E-state index in [0.717, 1.165) is 4.90 Å². The van der Waals surface area contributed by atoms with Gasteiger partial charge in [-0.2, -0.15) is 0 Å². The number of anilines is 2. The third-order valence-corrected chi connectivity index (χ3v) is 3.85. The summed E-state index contributed by atoms with van der Waals surface area (Å²) < 4.78 is 0. The fraction of sp³-hybridized carbons (Fsp3) is 0.455. The van der Waals surface area contributed by atoms with Crippen molar-refractivity contribution < 1.29 is 19.8 Å². The van der Waals surface area contributed by atoms with Gasteiger partial charge in [-0.1, -0.05) is 11.6 Å². The highest BCUT2D eigenvalue weighted by atomic mass is 35.5. The maximum atomic E-state index is 11.4. The number of rotatable bonds is 0. The molecule has 3 heterocycles. The van der Waals surface area contributed by atoms with Crippen molar-refractivity contribution in [3.63, 3.8) is 0 Å². The zero-order chi connectivity index (χ0) is 15.1. The van der Waals surface area contributed by atoms with Gasteiger partial charge in [-0.25, -0.2) is 9.59 Å². The summed E-state index contributed by atoms with van der Waals surface area (Å²) in [5, 5.41) is 26.1. The van der Waals surface area contributed by atoms with Crippen LogP contribution in [-0.2, 0) is 0 Å². The lowest BCUT2D eigenvalue weighted by Crippen LogP contribution is -2.61. The topological polar surface area (TPSA) is 110 Å². The van der Waals surface area contributed by atoms with E-state index >= 15 is 0 Å². The summed E-state index contributed by atoms with van der Waals surface area (Å²) in [7, 11) is 0. The molecule has 2 aliphatic heterocycles. The van der Waals surface area contributed by atoms with Gasteiger partial charge in [0.25, 0.3) is 0 Å². The molecule has 0 spiro atoms. The van der Waals surface area contributed by atoms with Crippen LogP contribution in [0, 0.1) is 0 Å². The Balaban J connectivity index is 1.99. The molecule has 1 unspecified atom stereocenters. The first-order valence-corrected chi connectivity index (χ1v) is 6.63. The predicted octanol–water partition coefficient (Wildman–Crippen LogP) is 0.797. The standard InChI is InChI=1S/C11H12ClN5O4/c12-8-3-7-9(14-13-8)17(11(20)21)5-6-4-15(10(18)19)1-2-16(6)7/h3,6H,1-2,4-5H2,(H,18,19)(H,20,21). The minimum Gasteiger partial charge on any atom is -0.465 e. The summed E-state index contributed by atoms with van der Waals surface area (Å²) in [5.41, 5.74) is 0.568. The summed E-state index contributed by atoms with van der Waals surface area (Å²) in [6.45, 7) is 1.18. The number of hydrogen-bond acceptors (Lipinski definition) is 5. The first-order valence-electron chi connectivity index (χ1n) is 6.25. The van der Waals surface area contributed by atoms with Gasteiger partial charge in [0.15, 0.2) is 11.0 Å². The molecular formula is C11H12ClN5O4. The number of halogens is 1. The highest BCUT2D eigenvalue weighted by molar-refractivity contribution is 6.29. The van der Waals surface area contributed by atoms with Gasteiger partial charge in [-0.3, -0.25) is 4.90 Å². The van der Waals surface area contributed by atoms with E-state index < -0.39 is 12.2 Å². The fourth-order valence-corrected chi connectivity index (χ4v) is 2.87. The number of aromatic nitrogens is 2. The molecule has 2 amide bonds. The SMILES string of the molecule is O=C(O)N1CCN2c3cc(Cl)nnc3N(C(=O)O)CC2C1. The van der Waals surface area contributed by atoms with Gasteiger partial charge in [0.1, 0.15) is 0 Å². The Bertz CT molecular complexity index is 612. The summed E-state index contributed by atoms with van der Waals surface area (Å²) >= 11 is 5.84. The smallest absolute Gasteiger partial charge is 0.413 e. The number of hydrogen-bond donors (Lipinski definition) is 2.